The fourth-order valence-electron chi connectivity index (χ4n) is 2.55. The Hall–Kier alpha value is -2.37. The molecule has 1 fully saturated rings. The summed E-state index contributed by atoms with van der Waals surface area (Å²) in [6, 6.07) is 9.68. The standard InChI is InChI=1S/C16H19N3O3/c1-11(2)19-9-12(8-15(19)20)16-17-14(18-22-16)10-21-13-6-4-3-5-7-13/h3-7,11-12H,8-10H2,1-2H3/t12-/m1/s1. The average Bonchev–Trinajstić information content (AvgIpc) is 3.12. The first-order chi connectivity index (χ1) is 10.6. The molecule has 116 valence electrons. The van der Waals surface area contributed by atoms with Crippen molar-refractivity contribution in [2.24, 2.45) is 0 Å². The molecule has 0 saturated carbocycles. The molecule has 0 spiro atoms. The summed E-state index contributed by atoms with van der Waals surface area (Å²) in [5, 5.41) is 3.93. The van der Waals surface area contributed by atoms with Crippen molar-refractivity contribution in [1.82, 2.24) is 15.0 Å². The lowest BCUT2D eigenvalue weighted by molar-refractivity contribution is -0.129. The number of carbonyl (C=O) groups excluding carboxylic acids is 1. The summed E-state index contributed by atoms with van der Waals surface area (Å²) < 4.78 is 10.9. The van der Waals surface area contributed by atoms with Crippen LogP contribution in [0, 0.1) is 0 Å². The van der Waals surface area contributed by atoms with Gasteiger partial charge in [0.05, 0.1) is 5.92 Å². The number of likely N-dealkylation sites (tertiary alicyclic amines) is 1. The summed E-state index contributed by atoms with van der Waals surface area (Å²) in [6.07, 6.45) is 0.430. The van der Waals surface area contributed by atoms with Gasteiger partial charge in [0.1, 0.15) is 5.75 Å². The summed E-state index contributed by atoms with van der Waals surface area (Å²) in [5.41, 5.74) is 0. The summed E-state index contributed by atoms with van der Waals surface area (Å²) in [7, 11) is 0. The first kappa shape index (κ1) is 14.6. The largest absolute Gasteiger partial charge is 0.485 e. The minimum Gasteiger partial charge on any atom is -0.485 e. The molecule has 1 saturated heterocycles. The van der Waals surface area contributed by atoms with E-state index in [2.05, 4.69) is 10.1 Å². The molecule has 2 aromatic rings. The number of hydrogen-bond donors (Lipinski definition) is 0. The van der Waals surface area contributed by atoms with Gasteiger partial charge >= 0.3 is 0 Å². The molecule has 0 radical (unpaired) electrons. The predicted octanol–water partition coefficient (Wildman–Crippen LogP) is 2.37. The number of nitrogens with zero attached hydrogens (tertiary/aromatic N) is 3. The van der Waals surface area contributed by atoms with Gasteiger partial charge in [-0.1, -0.05) is 23.4 Å². The molecule has 1 aliphatic rings. The molecule has 0 N–H and O–H groups in total. The number of benzene rings is 1. The Kier molecular flexibility index (Phi) is 4.09. The highest BCUT2D eigenvalue weighted by molar-refractivity contribution is 5.79. The van der Waals surface area contributed by atoms with Gasteiger partial charge in [-0.3, -0.25) is 4.79 Å². The molecule has 22 heavy (non-hydrogen) atoms. The highest BCUT2D eigenvalue weighted by Crippen LogP contribution is 2.28. The number of ether oxygens (including phenoxy) is 1. The van der Waals surface area contributed by atoms with Crippen LogP contribution in [0.3, 0.4) is 0 Å². The SMILES string of the molecule is CC(C)N1C[C@H](c2nc(COc3ccccc3)no2)CC1=O. The number of para-hydroxylation sites is 1. The summed E-state index contributed by atoms with van der Waals surface area (Å²) in [5.74, 6) is 1.89. The van der Waals surface area contributed by atoms with E-state index in [0.717, 1.165) is 5.75 Å². The number of hydrogen-bond acceptors (Lipinski definition) is 5. The van der Waals surface area contributed by atoms with E-state index in [4.69, 9.17) is 9.26 Å². The maximum atomic E-state index is 11.9. The topological polar surface area (TPSA) is 68.5 Å². The monoisotopic (exact) mass is 301 g/mol. The molecule has 6 nitrogen and oxygen atoms in total. The molecule has 1 atom stereocenters. The number of rotatable bonds is 5. The van der Waals surface area contributed by atoms with Crippen LogP contribution in [0.5, 0.6) is 5.75 Å². The summed E-state index contributed by atoms with van der Waals surface area (Å²) >= 11 is 0. The van der Waals surface area contributed by atoms with Gasteiger partial charge in [0.25, 0.3) is 0 Å². The van der Waals surface area contributed by atoms with E-state index >= 15 is 0 Å². The zero-order valence-corrected chi connectivity index (χ0v) is 12.7. The second-order valence-electron chi connectivity index (χ2n) is 5.69. The van der Waals surface area contributed by atoms with E-state index in [1.807, 2.05) is 49.1 Å². The third-order valence-corrected chi connectivity index (χ3v) is 3.73. The molecule has 0 bridgehead atoms. The second-order valence-corrected chi connectivity index (χ2v) is 5.69. The number of aromatic nitrogens is 2. The van der Waals surface area contributed by atoms with E-state index in [-0.39, 0.29) is 24.5 Å². The van der Waals surface area contributed by atoms with Crippen molar-refractivity contribution < 1.29 is 14.1 Å². The Balaban J connectivity index is 1.61. The Bertz CT molecular complexity index is 639. The van der Waals surface area contributed by atoms with Crippen LogP contribution in [0.15, 0.2) is 34.9 Å². The van der Waals surface area contributed by atoms with Crippen molar-refractivity contribution in [2.45, 2.75) is 38.8 Å². The van der Waals surface area contributed by atoms with Crippen molar-refractivity contribution in [1.29, 1.82) is 0 Å². The van der Waals surface area contributed by atoms with Gasteiger partial charge in [-0.25, -0.2) is 0 Å². The smallest absolute Gasteiger partial charge is 0.232 e. The molecule has 2 heterocycles. The first-order valence-corrected chi connectivity index (χ1v) is 7.43. The van der Waals surface area contributed by atoms with Crippen LogP contribution in [-0.4, -0.2) is 33.5 Å². The van der Waals surface area contributed by atoms with Crippen LogP contribution < -0.4 is 4.74 Å². The van der Waals surface area contributed by atoms with Crippen molar-refractivity contribution in [3.63, 3.8) is 0 Å². The number of amides is 1. The molecule has 0 unspecified atom stereocenters. The minimum atomic E-state index is -0.0205. The molecule has 6 heteroatoms. The van der Waals surface area contributed by atoms with Crippen LogP contribution in [0.2, 0.25) is 0 Å². The third-order valence-electron chi connectivity index (χ3n) is 3.73. The molecule has 3 rings (SSSR count). The normalized spacial score (nSPS) is 18.2. The minimum absolute atomic E-state index is 0.0205. The molecular weight excluding hydrogens is 282 g/mol. The van der Waals surface area contributed by atoms with Crippen molar-refractivity contribution in [3.8, 4) is 5.75 Å². The fourth-order valence-corrected chi connectivity index (χ4v) is 2.55. The van der Waals surface area contributed by atoms with Crippen molar-refractivity contribution in [3.05, 3.63) is 42.0 Å². The van der Waals surface area contributed by atoms with E-state index in [9.17, 15) is 4.79 Å². The first-order valence-electron chi connectivity index (χ1n) is 7.43. The van der Waals surface area contributed by atoms with E-state index in [1.54, 1.807) is 0 Å². The zero-order chi connectivity index (χ0) is 15.5. The highest BCUT2D eigenvalue weighted by atomic mass is 16.5. The van der Waals surface area contributed by atoms with Gasteiger partial charge in [0, 0.05) is 19.0 Å². The second kappa shape index (κ2) is 6.17. The Labute approximate surface area is 129 Å². The Morgan fingerprint density at radius 1 is 1.36 bits per heavy atom. The molecule has 0 aliphatic carbocycles. The van der Waals surface area contributed by atoms with E-state index < -0.39 is 0 Å². The van der Waals surface area contributed by atoms with E-state index in [1.165, 1.54) is 0 Å². The van der Waals surface area contributed by atoms with Crippen LogP contribution in [0.1, 0.15) is 37.9 Å². The van der Waals surface area contributed by atoms with Gasteiger partial charge in [-0.05, 0) is 26.0 Å². The maximum absolute atomic E-state index is 11.9. The molecule has 1 aliphatic heterocycles. The quantitative estimate of drug-likeness (QED) is 0.848. The zero-order valence-electron chi connectivity index (χ0n) is 12.7. The lowest BCUT2D eigenvalue weighted by Crippen LogP contribution is -2.31. The average molecular weight is 301 g/mol. The lowest BCUT2D eigenvalue weighted by Gasteiger charge is -2.20. The van der Waals surface area contributed by atoms with Gasteiger partial charge < -0.3 is 14.2 Å². The molecule has 1 aromatic carbocycles. The van der Waals surface area contributed by atoms with Crippen LogP contribution in [0.4, 0.5) is 0 Å². The summed E-state index contributed by atoms with van der Waals surface area (Å²) in [4.78, 5) is 18.1. The fraction of sp³-hybridized carbons (Fsp3) is 0.438. The van der Waals surface area contributed by atoms with Crippen LogP contribution in [-0.2, 0) is 11.4 Å². The molecule has 1 aromatic heterocycles. The van der Waals surface area contributed by atoms with Gasteiger partial charge in [-0.2, -0.15) is 4.98 Å². The maximum Gasteiger partial charge on any atom is 0.232 e. The van der Waals surface area contributed by atoms with Gasteiger partial charge in [0.2, 0.25) is 17.6 Å². The Morgan fingerprint density at radius 3 is 2.82 bits per heavy atom. The predicted molar refractivity (Wildman–Crippen MR) is 79.3 cm³/mol. The van der Waals surface area contributed by atoms with Crippen molar-refractivity contribution >= 4 is 5.91 Å². The van der Waals surface area contributed by atoms with Gasteiger partial charge in [-0.15, -0.1) is 0 Å². The highest BCUT2D eigenvalue weighted by Gasteiger charge is 2.35. The van der Waals surface area contributed by atoms with Crippen LogP contribution >= 0.6 is 0 Å². The van der Waals surface area contributed by atoms with Crippen molar-refractivity contribution in [2.75, 3.05) is 6.54 Å². The van der Waals surface area contributed by atoms with E-state index in [0.29, 0.717) is 24.7 Å². The molecule has 1 amide bonds. The summed E-state index contributed by atoms with van der Waals surface area (Å²) in [6.45, 7) is 4.90. The van der Waals surface area contributed by atoms with Crippen LogP contribution in [0.25, 0.3) is 0 Å². The lowest BCUT2D eigenvalue weighted by atomic mass is 10.1. The molecular formula is C16H19N3O3. The third kappa shape index (κ3) is 3.10. The Morgan fingerprint density at radius 2 is 2.14 bits per heavy atom. The van der Waals surface area contributed by atoms with Gasteiger partial charge in [0.15, 0.2) is 6.61 Å². The number of carbonyl (C=O) groups is 1.